The van der Waals surface area contributed by atoms with E-state index in [4.69, 9.17) is 4.74 Å². The molecule has 2 saturated heterocycles. The number of amides is 3. The van der Waals surface area contributed by atoms with Crippen LogP contribution in [0.4, 0.5) is 19.6 Å². The second-order valence-corrected chi connectivity index (χ2v) is 8.96. The molecule has 2 aliphatic heterocycles. The zero-order valence-corrected chi connectivity index (χ0v) is 18.2. The number of imide groups is 1. The highest BCUT2D eigenvalue weighted by atomic mass is 32.1. The molecular formula is C23H19F2N3O4S. The van der Waals surface area contributed by atoms with Crippen LogP contribution < -0.4 is 9.80 Å². The number of ether oxygens (including phenoxy) is 1. The van der Waals surface area contributed by atoms with E-state index in [0.717, 1.165) is 35.1 Å². The molecule has 2 fully saturated rings. The number of carbonyl (C=O) groups excluding carboxylic acids is 3. The summed E-state index contributed by atoms with van der Waals surface area (Å²) in [6.07, 6.45) is 1.68. The summed E-state index contributed by atoms with van der Waals surface area (Å²) in [5, 5.41) is 0.216. The van der Waals surface area contributed by atoms with Crippen molar-refractivity contribution in [1.82, 2.24) is 4.98 Å². The van der Waals surface area contributed by atoms with Gasteiger partial charge >= 0.3 is 0 Å². The number of nitrogens with zero attached hydrogens (tertiary/aromatic N) is 3. The highest BCUT2D eigenvalue weighted by Crippen LogP contribution is 2.33. The summed E-state index contributed by atoms with van der Waals surface area (Å²) in [6.45, 7) is 0.773. The van der Waals surface area contributed by atoms with Crippen LogP contribution >= 0.6 is 11.3 Å². The molecule has 0 aliphatic carbocycles. The van der Waals surface area contributed by atoms with Gasteiger partial charge in [0.25, 0.3) is 5.91 Å². The summed E-state index contributed by atoms with van der Waals surface area (Å²) in [5.41, 5.74) is 0.551. The van der Waals surface area contributed by atoms with Gasteiger partial charge in [-0.25, -0.2) is 13.8 Å². The third-order valence-electron chi connectivity index (χ3n) is 5.69. The molecular weight excluding hydrogens is 452 g/mol. The predicted octanol–water partition coefficient (Wildman–Crippen LogP) is 4.05. The highest BCUT2D eigenvalue weighted by molar-refractivity contribution is 7.22. The molecule has 170 valence electrons. The largest absolute Gasteiger partial charge is 0.376 e. The number of aromatic nitrogens is 1. The Morgan fingerprint density at radius 3 is 2.70 bits per heavy atom. The van der Waals surface area contributed by atoms with Gasteiger partial charge in [0.1, 0.15) is 11.3 Å². The molecule has 1 aromatic heterocycles. The van der Waals surface area contributed by atoms with Crippen molar-refractivity contribution in [2.24, 2.45) is 0 Å². The van der Waals surface area contributed by atoms with Crippen molar-refractivity contribution in [3.63, 3.8) is 0 Å². The third kappa shape index (κ3) is 4.11. The molecule has 1 unspecified atom stereocenters. The number of rotatable bonds is 5. The van der Waals surface area contributed by atoms with Gasteiger partial charge in [0, 0.05) is 31.1 Å². The molecule has 1 atom stereocenters. The van der Waals surface area contributed by atoms with Crippen molar-refractivity contribution < 1.29 is 27.9 Å². The zero-order chi connectivity index (χ0) is 23.1. The summed E-state index contributed by atoms with van der Waals surface area (Å²) in [4.78, 5) is 44.6. The minimum absolute atomic E-state index is 0.0106. The highest BCUT2D eigenvalue weighted by Gasteiger charge is 2.32. The lowest BCUT2D eigenvalue weighted by atomic mass is 10.1. The molecule has 0 N–H and O–H groups in total. The molecule has 2 aliphatic rings. The predicted molar refractivity (Wildman–Crippen MR) is 118 cm³/mol. The Bertz CT molecular complexity index is 1260. The fourth-order valence-electron chi connectivity index (χ4n) is 4.10. The van der Waals surface area contributed by atoms with Crippen LogP contribution in [-0.2, 0) is 14.3 Å². The smallest absolute Gasteiger partial charge is 0.260 e. The Hall–Kier alpha value is -3.24. The Kier molecular flexibility index (Phi) is 5.63. The minimum Gasteiger partial charge on any atom is -0.376 e. The molecule has 0 bridgehead atoms. The number of anilines is 2. The van der Waals surface area contributed by atoms with Gasteiger partial charge in [0.2, 0.25) is 11.8 Å². The van der Waals surface area contributed by atoms with Gasteiger partial charge in [0.15, 0.2) is 10.9 Å². The van der Waals surface area contributed by atoms with E-state index in [0.29, 0.717) is 12.3 Å². The molecule has 2 aromatic carbocycles. The van der Waals surface area contributed by atoms with Crippen molar-refractivity contribution >= 4 is 50.1 Å². The fourth-order valence-corrected chi connectivity index (χ4v) is 5.11. The second-order valence-electron chi connectivity index (χ2n) is 7.95. The van der Waals surface area contributed by atoms with Gasteiger partial charge in [-0.15, -0.1) is 0 Å². The van der Waals surface area contributed by atoms with E-state index in [2.05, 4.69) is 4.98 Å². The lowest BCUT2D eigenvalue weighted by Gasteiger charge is -2.23. The first-order valence-corrected chi connectivity index (χ1v) is 11.4. The number of halogens is 2. The number of hydrogen-bond acceptors (Lipinski definition) is 6. The topological polar surface area (TPSA) is 79.8 Å². The van der Waals surface area contributed by atoms with E-state index in [-0.39, 0.29) is 58.2 Å². The fraction of sp³-hybridized carbons (Fsp3) is 0.304. The van der Waals surface area contributed by atoms with Crippen molar-refractivity contribution in [2.75, 3.05) is 23.0 Å². The molecule has 0 spiro atoms. The Morgan fingerprint density at radius 1 is 1.18 bits per heavy atom. The molecule has 10 heteroatoms. The van der Waals surface area contributed by atoms with Gasteiger partial charge in [-0.05, 0) is 37.1 Å². The van der Waals surface area contributed by atoms with Crippen molar-refractivity contribution in [3.05, 3.63) is 53.6 Å². The van der Waals surface area contributed by atoms with Crippen LogP contribution in [0.15, 0.2) is 36.4 Å². The van der Waals surface area contributed by atoms with Crippen molar-refractivity contribution in [3.8, 4) is 0 Å². The van der Waals surface area contributed by atoms with Gasteiger partial charge in [0.05, 0.1) is 23.0 Å². The Balaban J connectivity index is 1.52. The van der Waals surface area contributed by atoms with E-state index >= 15 is 0 Å². The van der Waals surface area contributed by atoms with E-state index in [1.165, 1.54) is 17.0 Å². The van der Waals surface area contributed by atoms with Crippen molar-refractivity contribution in [2.45, 2.75) is 31.8 Å². The van der Waals surface area contributed by atoms with Crippen LogP contribution in [0.3, 0.4) is 0 Å². The molecule has 7 nitrogen and oxygen atoms in total. The molecule has 0 radical (unpaired) electrons. The maximum atomic E-state index is 14.3. The first-order chi connectivity index (χ1) is 15.9. The summed E-state index contributed by atoms with van der Waals surface area (Å²) >= 11 is 1.01. The number of hydrogen-bond donors (Lipinski definition) is 0. The SMILES string of the molecule is O=C(c1cccc(N2C(=O)CCC2=O)c1)N(CC1CCCO1)c1nc2c(F)cc(F)cc2s1. The molecule has 3 heterocycles. The molecule has 3 aromatic rings. The lowest BCUT2D eigenvalue weighted by Crippen LogP contribution is -2.37. The summed E-state index contributed by atoms with van der Waals surface area (Å²) < 4.78 is 33.9. The molecule has 3 amide bonds. The third-order valence-corrected chi connectivity index (χ3v) is 6.72. The first-order valence-electron chi connectivity index (χ1n) is 10.6. The van der Waals surface area contributed by atoms with Crippen LogP contribution in [0.25, 0.3) is 10.2 Å². The van der Waals surface area contributed by atoms with Gasteiger partial charge < -0.3 is 4.74 Å². The zero-order valence-electron chi connectivity index (χ0n) is 17.4. The quantitative estimate of drug-likeness (QED) is 0.525. The number of fused-ring (bicyclic) bond motifs is 1. The standard InChI is InChI=1S/C23H19F2N3O4S/c24-14-10-17(25)21-18(11-14)33-23(26-21)27(12-16-5-2-8-32-16)22(31)13-3-1-4-15(9-13)28-19(29)6-7-20(28)30/h1,3-4,9-11,16H,2,5-8,12H2. The first kappa shape index (κ1) is 21.6. The van der Waals surface area contributed by atoms with E-state index in [9.17, 15) is 23.2 Å². The molecule has 5 rings (SSSR count). The molecule has 33 heavy (non-hydrogen) atoms. The van der Waals surface area contributed by atoms with Crippen LogP contribution in [0.1, 0.15) is 36.0 Å². The average molecular weight is 471 g/mol. The number of benzene rings is 2. The number of thiazole rings is 1. The van der Waals surface area contributed by atoms with E-state index in [1.54, 1.807) is 18.2 Å². The lowest BCUT2D eigenvalue weighted by molar-refractivity contribution is -0.121. The van der Waals surface area contributed by atoms with Gasteiger partial charge in [-0.1, -0.05) is 17.4 Å². The minimum atomic E-state index is -0.801. The van der Waals surface area contributed by atoms with Crippen LogP contribution in [0.5, 0.6) is 0 Å². The maximum absolute atomic E-state index is 14.3. The summed E-state index contributed by atoms with van der Waals surface area (Å²) in [7, 11) is 0. The van der Waals surface area contributed by atoms with Crippen molar-refractivity contribution in [1.29, 1.82) is 0 Å². The van der Waals surface area contributed by atoms with Crippen LogP contribution in [-0.4, -0.2) is 42.0 Å². The molecule has 0 saturated carbocycles. The van der Waals surface area contributed by atoms with Gasteiger partial charge in [-0.3, -0.25) is 24.2 Å². The number of carbonyl (C=O) groups is 3. The van der Waals surface area contributed by atoms with Gasteiger partial charge in [-0.2, -0.15) is 0 Å². The normalized spacial score (nSPS) is 18.5. The van der Waals surface area contributed by atoms with E-state index in [1.807, 2.05) is 0 Å². The monoisotopic (exact) mass is 471 g/mol. The van der Waals surface area contributed by atoms with E-state index < -0.39 is 17.5 Å². The average Bonchev–Trinajstić information content (AvgIpc) is 3.52. The van der Waals surface area contributed by atoms with Crippen LogP contribution in [0, 0.1) is 11.6 Å². The Labute approximate surface area is 191 Å². The summed E-state index contributed by atoms with van der Waals surface area (Å²) in [5.74, 6) is -2.59. The summed E-state index contributed by atoms with van der Waals surface area (Å²) in [6, 6.07) is 8.19. The Morgan fingerprint density at radius 2 is 1.97 bits per heavy atom. The van der Waals surface area contributed by atoms with Crippen LogP contribution in [0.2, 0.25) is 0 Å². The maximum Gasteiger partial charge on any atom is 0.260 e. The second kappa shape index (κ2) is 8.60.